The van der Waals surface area contributed by atoms with E-state index in [1.54, 1.807) is 6.07 Å². The van der Waals surface area contributed by atoms with Crippen LogP contribution in [0.2, 0.25) is 0 Å². The van der Waals surface area contributed by atoms with Crippen molar-refractivity contribution in [1.82, 2.24) is 20.4 Å². The number of halogens is 2. The molecular weight excluding hydrogens is 334 g/mol. The lowest BCUT2D eigenvalue weighted by atomic mass is 9.98. The van der Waals surface area contributed by atoms with Crippen LogP contribution >= 0.6 is 0 Å². The second-order valence-corrected chi connectivity index (χ2v) is 5.94. The molecule has 9 heteroatoms. The number of pyridine rings is 1. The van der Waals surface area contributed by atoms with Gasteiger partial charge < -0.3 is 14.6 Å². The average Bonchev–Trinajstić information content (AvgIpc) is 3.24. The van der Waals surface area contributed by atoms with Gasteiger partial charge in [0.1, 0.15) is 6.04 Å². The molecule has 1 aliphatic rings. The molecule has 2 heterocycles. The molecule has 0 saturated heterocycles. The van der Waals surface area contributed by atoms with Crippen molar-refractivity contribution in [3.63, 3.8) is 0 Å². The molecule has 0 bridgehead atoms. The summed E-state index contributed by atoms with van der Waals surface area (Å²) in [6, 6.07) is 2.53. The maximum Gasteiger partial charge on any atom is 0.388 e. The van der Waals surface area contributed by atoms with Gasteiger partial charge in [0.05, 0.1) is 0 Å². The Labute approximate surface area is 142 Å². The molecule has 1 fully saturated rings. The highest BCUT2D eigenvalue weighted by molar-refractivity contribution is 5.73. The molecule has 0 radical (unpaired) electrons. The van der Waals surface area contributed by atoms with E-state index in [1.807, 2.05) is 0 Å². The number of alkyl halides is 2. The number of amides is 1. The average molecular weight is 352 g/mol. The van der Waals surface area contributed by atoms with Crippen LogP contribution < -0.4 is 10.1 Å². The van der Waals surface area contributed by atoms with Crippen LogP contribution in [0, 0.1) is 5.92 Å². The van der Waals surface area contributed by atoms with E-state index in [2.05, 4.69) is 25.2 Å². The Hall–Kier alpha value is -2.58. The van der Waals surface area contributed by atoms with Crippen molar-refractivity contribution < 1.29 is 22.8 Å². The SMILES string of the molecule is CC(=O)NC(c1nc(-c2ccnc(OC(F)F)c2)no1)C1CCCC1. The first-order valence-electron chi connectivity index (χ1n) is 8.05. The molecule has 134 valence electrons. The summed E-state index contributed by atoms with van der Waals surface area (Å²) in [5, 5.41) is 6.77. The first kappa shape index (κ1) is 17.2. The van der Waals surface area contributed by atoms with E-state index in [0.29, 0.717) is 11.5 Å². The number of ether oxygens (including phenoxy) is 1. The van der Waals surface area contributed by atoms with Crippen LogP contribution in [0.15, 0.2) is 22.9 Å². The maximum absolute atomic E-state index is 12.3. The van der Waals surface area contributed by atoms with Gasteiger partial charge in [-0.2, -0.15) is 13.8 Å². The molecule has 1 N–H and O–H groups in total. The molecule has 7 nitrogen and oxygen atoms in total. The van der Waals surface area contributed by atoms with E-state index < -0.39 is 6.61 Å². The van der Waals surface area contributed by atoms with Crippen LogP contribution in [0.25, 0.3) is 11.4 Å². The van der Waals surface area contributed by atoms with Crippen molar-refractivity contribution in [2.75, 3.05) is 0 Å². The first-order chi connectivity index (χ1) is 12.0. The van der Waals surface area contributed by atoms with Crippen molar-refractivity contribution in [3.05, 3.63) is 24.2 Å². The summed E-state index contributed by atoms with van der Waals surface area (Å²) >= 11 is 0. The third kappa shape index (κ3) is 4.28. The molecule has 2 aromatic heterocycles. The van der Waals surface area contributed by atoms with Crippen LogP contribution in [0.4, 0.5) is 8.78 Å². The van der Waals surface area contributed by atoms with Gasteiger partial charge in [-0.25, -0.2) is 4.98 Å². The van der Waals surface area contributed by atoms with Gasteiger partial charge in [-0.05, 0) is 24.8 Å². The molecule has 0 aromatic carbocycles. The Bertz CT molecular complexity index is 732. The van der Waals surface area contributed by atoms with Crippen molar-refractivity contribution in [2.45, 2.75) is 45.3 Å². The number of hydrogen-bond acceptors (Lipinski definition) is 6. The Morgan fingerprint density at radius 3 is 2.84 bits per heavy atom. The van der Waals surface area contributed by atoms with Crippen molar-refractivity contribution in [3.8, 4) is 17.3 Å². The summed E-state index contributed by atoms with van der Waals surface area (Å²) in [4.78, 5) is 19.6. The minimum absolute atomic E-state index is 0.173. The van der Waals surface area contributed by atoms with Crippen LogP contribution in [0.3, 0.4) is 0 Å². The van der Waals surface area contributed by atoms with Gasteiger partial charge >= 0.3 is 6.61 Å². The molecule has 1 amide bonds. The molecule has 1 aliphatic carbocycles. The molecular formula is C16H18F2N4O3. The lowest BCUT2D eigenvalue weighted by molar-refractivity contribution is -0.120. The van der Waals surface area contributed by atoms with E-state index in [4.69, 9.17) is 4.52 Å². The molecule has 3 rings (SSSR count). The Kier molecular flexibility index (Phi) is 5.20. The minimum Gasteiger partial charge on any atom is -0.417 e. The van der Waals surface area contributed by atoms with Gasteiger partial charge in [0.2, 0.25) is 23.5 Å². The Morgan fingerprint density at radius 1 is 1.40 bits per heavy atom. The van der Waals surface area contributed by atoms with Gasteiger partial charge in [0.15, 0.2) is 0 Å². The van der Waals surface area contributed by atoms with Gasteiger partial charge in [-0.1, -0.05) is 18.0 Å². The van der Waals surface area contributed by atoms with Crippen molar-refractivity contribution in [2.24, 2.45) is 5.92 Å². The summed E-state index contributed by atoms with van der Waals surface area (Å²) in [5.41, 5.74) is 0.439. The number of aromatic nitrogens is 3. The first-order valence-corrected chi connectivity index (χ1v) is 8.05. The van der Waals surface area contributed by atoms with Crippen LogP contribution in [-0.4, -0.2) is 27.6 Å². The van der Waals surface area contributed by atoms with Gasteiger partial charge in [0, 0.05) is 24.8 Å². The third-order valence-electron chi connectivity index (χ3n) is 4.14. The van der Waals surface area contributed by atoms with E-state index in [-0.39, 0.29) is 29.6 Å². The summed E-state index contributed by atoms with van der Waals surface area (Å²) in [6.45, 7) is -1.52. The van der Waals surface area contributed by atoms with E-state index in [9.17, 15) is 13.6 Å². The highest BCUT2D eigenvalue weighted by Crippen LogP contribution is 2.35. The predicted octanol–water partition coefficient (Wildman–Crippen LogP) is 3.10. The van der Waals surface area contributed by atoms with Crippen LogP contribution in [0.1, 0.15) is 44.5 Å². The highest BCUT2D eigenvalue weighted by atomic mass is 19.3. The zero-order valence-corrected chi connectivity index (χ0v) is 13.6. The van der Waals surface area contributed by atoms with Crippen LogP contribution in [0.5, 0.6) is 5.88 Å². The smallest absolute Gasteiger partial charge is 0.388 e. The number of rotatable bonds is 6. The Balaban J connectivity index is 1.83. The molecule has 1 saturated carbocycles. The number of carbonyl (C=O) groups is 1. The third-order valence-corrected chi connectivity index (χ3v) is 4.14. The number of nitrogens with one attached hydrogen (secondary N) is 1. The van der Waals surface area contributed by atoms with Crippen molar-refractivity contribution in [1.29, 1.82) is 0 Å². The normalized spacial score (nSPS) is 16.2. The number of nitrogens with zero attached hydrogens (tertiary/aromatic N) is 3. The molecule has 1 unspecified atom stereocenters. The highest BCUT2D eigenvalue weighted by Gasteiger charge is 2.31. The van der Waals surface area contributed by atoms with Crippen LogP contribution in [-0.2, 0) is 4.79 Å². The fourth-order valence-corrected chi connectivity index (χ4v) is 3.07. The number of carbonyl (C=O) groups excluding carboxylic acids is 1. The van der Waals surface area contributed by atoms with E-state index in [0.717, 1.165) is 25.7 Å². The summed E-state index contributed by atoms with van der Waals surface area (Å²) in [6.07, 6.45) is 5.47. The fraction of sp³-hybridized carbons (Fsp3) is 0.500. The maximum atomic E-state index is 12.3. The summed E-state index contributed by atoms with van der Waals surface area (Å²) in [5.74, 6) is 0.378. The standard InChI is InChI=1S/C16H18F2N4O3/c1-9(23)20-13(10-4-2-3-5-10)15-21-14(22-25-15)11-6-7-19-12(8-11)24-16(17)18/h6-8,10,13,16H,2-5H2,1H3,(H,20,23). The molecule has 2 aromatic rings. The minimum atomic E-state index is -2.96. The summed E-state index contributed by atoms with van der Waals surface area (Å²) < 4.78 is 34.2. The zero-order valence-electron chi connectivity index (χ0n) is 13.6. The largest absolute Gasteiger partial charge is 0.417 e. The monoisotopic (exact) mass is 352 g/mol. The Morgan fingerprint density at radius 2 is 2.16 bits per heavy atom. The van der Waals surface area contributed by atoms with Gasteiger partial charge in [0.25, 0.3) is 0 Å². The second-order valence-electron chi connectivity index (χ2n) is 5.94. The van der Waals surface area contributed by atoms with E-state index in [1.165, 1.54) is 19.2 Å². The zero-order chi connectivity index (χ0) is 17.8. The van der Waals surface area contributed by atoms with Gasteiger partial charge in [-0.3, -0.25) is 4.79 Å². The summed E-state index contributed by atoms with van der Waals surface area (Å²) in [7, 11) is 0. The fourth-order valence-electron chi connectivity index (χ4n) is 3.07. The lowest BCUT2D eigenvalue weighted by Crippen LogP contribution is -2.31. The molecule has 0 aliphatic heterocycles. The second kappa shape index (κ2) is 7.54. The van der Waals surface area contributed by atoms with E-state index >= 15 is 0 Å². The number of hydrogen-bond donors (Lipinski definition) is 1. The molecule has 1 atom stereocenters. The molecule has 0 spiro atoms. The predicted molar refractivity (Wildman–Crippen MR) is 82.7 cm³/mol. The quantitative estimate of drug-likeness (QED) is 0.859. The molecule has 25 heavy (non-hydrogen) atoms. The van der Waals surface area contributed by atoms with Gasteiger partial charge in [-0.15, -0.1) is 0 Å². The van der Waals surface area contributed by atoms with Crippen molar-refractivity contribution >= 4 is 5.91 Å². The topological polar surface area (TPSA) is 90.1 Å². The lowest BCUT2D eigenvalue weighted by Gasteiger charge is -2.20.